The minimum atomic E-state index is 0.568. The molecule has 2 aromatic carbocycles. The van der Waals surface area contributed by atoms with Gasteiger partial charge in [-0.2, -0.15) is 0 Å². The maximum absolute atomic E-state index is 4.42. The lowest BCUT2D eigenvalue weighted by molar-refractivity contribution is 0.867. The topological polar surface area (TPSA) is 12.9 Å². The summed E-state index contributed by atoms with van der Waals surface area (Å²) in [5.41, 5.74) is 6.02. The Morgan fingerprint density at radius 3 is 2.14 bits per heavy atom. The second-order valence-corrected chi connectivity index (χ2v) is 5.57. The molecular formula is C20H19N. The number of benzene rings is 2. The summed E-state index contributed by atoms with van der Waals surface area (Å²) in [6.07, 6.45) is 1.83. The first-order chi connectivity index (χ1) is 10.2. The summed E-state index contributed by atoms with van der Waals surface area (Å²) in [4.78, 5) is 4.42. The van der Waals surface area contributed by atoms with E-state index in [0.717, 1.165) is 11.3 Å². The number of pyridine rings is 1. The quantitative estimate of drug-likeness (QED) is 0.610. The molecule has 3 aromatic rings. The molecule has 0 aliphatic rings. The van der Waals surface area contributed by atoms with E-state index in [-0.39, 0.29) is 0 Å². The van der Waals surface area contributed by atoms with Crippen LogP contribution >= 0.6 is 0 Å². The second-order valence-electron chi connectivity index (χ2n) is 5.57. The molecule has 1 heterocycles. The van der Waals surface area contributed by atoms with Crippen LogP contribution in [-0.4, -0.2) is 4.98 Å². The van der Waals surface area contributed by atoms with Crippen molar-refractivity contribution >= 4 is 0 Å². The van der Waals surface area contributed by atoms with Crippen LogP contribution in [0.25, 0.3) is 22.4 Å². The van der Waals surface area contributed by atoms with E-state index in [1.807, 2.05) is 24.4 Å². The lowest BCUT2D eigenvalue weighted by Gasteiger charge is -2.08. The van der Waals surface area contributed by atoms with Crippen molar-refractivity contribution in [3.05, 3.63) is 78.5 Å². The Kier molecular flexibility index (Phi) is 3.83. The van der Waals surface area contributed by atoms with E-state index in [1.54, 1.807) is 0 Å². The summed E-state index contributed by atoms with van der Waals surface area (Å²) in [6, 6.07) is 23.4. The van der Waals surface area contributed by atoms with Crippen molar-refractivity contribution in [3.8, 4) is 22.4 Å². The predicted octanol–water partition coefficient (Wildman–Crippen LogP) is 5.54. The highest BCUT2D eigenvalue weighted by Crippen LogP contribution is 2.26. The minimum absolute atomic E-state index is 0.568. The van der Waals surface area contributed by atoms with Gasteiger partial charge < -0.3 is 0 Å². The van der Waals surface area contributed by atoms with Crippen molar-refractivity contribution in [2.75, 3.05) is 0 Å². The highest BCUT2D eigenvalue weighted by Gasteiger charge is 2.03. The van der Waals surface area contributed by atoms with Gasteiger partial charge in [0.05, 0.1) is 5.69 Å². The molecule has 21 heavy (non-hydrogen) atoms. The first-order valence-electron chi connectivity index (χ1n) is 7.36. The van der Waals surface area contributed by atoms with Gasteiger partial charge in [-0.05, 0) is 40.8 Å². The first kappa shape index (κ1) is 13.6. The molecule has 0 atom stereocenters. The number of nitrogens with zero attached hydrogens (tertiary/aromatic N) is 1. The van der Waals surface area contributed by atoms with Crippen molar-refractivity contribution in [2.24, 2.45) is 0 Å². The minimum Gasteiger partial charge on any atom is -0.256 e. The van der Waals surface area contributed by atoms with Gasteiger partial charge in [0.1, 0.15) is 0 Å². The van der Waals surface area contributed by atoms with Crippen LogP contribution in [0, 0.1) is 0 Å². The molecule has 3 rings (SSSR count). The molecule has 1 aromatic heterocycles. The fraction of sp³-hybridized carbons (Fsp3) is 0.150. The Hall–Kier alpha value is -2.41. The molecule has 1 heteroatoms. The molecular weight excluding hydrogens is 254 g/mol. The average Bonchev–Trinajstić information content (AvgIpc) is 2.56. The summed E-state index contributed by atoms with van der Waals surface area (Å²) in [5.74, 6) is 0.568. The Labute approximate surface area is 126 Å². The summed E-state index contributed by atoms with van der Waals surface area (Å²) in [7, 11) is 0. The van der Waals surface area contributed by atoms with E-state index in [1.165, 1.54) is 16.7 Å². The molecule has 0 spiro atoms. The normalized spacial score (nSPS) is 10.8. The van der Waals surface area contributed by atoms with Gasteiger partial charge in [0.2, 0.25) is 0 Å². The molecule has 0 bridgehead atoms. The number of hydrogen-bond donors (Lipinski definition) is 0. The van der Waals surface area contributed by atoms with Gasteiger partial charge in [0.25, 0.3) is 0 Å². The zero-order valence-corrected chi connectivity index (χ0v) is 12.5. The van der Waals surface area contributed by atoms with Gasteiger partial charge in [-0.3, -0.25) is 4.98 Å². The summed E-state index contributed by atoms with van der Waals surface area (Å²) < 4.78 is 0. The molecule has 0 amide bonds. The molecule has 0 saturated carbocycles. The predicted molar refractivity (Wildman–Crippen MR) is 89.2 cm³/mol. The maximum atomic E-state index is 4.42. The van der Waals surface area contributed by atoms with Crippen LogP contribution < -0.4 is 0 Å². The van der Waals surface area contributed by atoms with Gasteiger partial charge in [-0.25, -0.2) is 0 Å². The molecule has 104 valence electrons. The van der Waals surface area contributed by atoms with Crippen LogP contribution in [0.2, 0.25) is 0 Å². The fourth-order valence-corrected chi connectivity index (χ4v) is 2.45. The van der Waals surface area contributed by atoms with Crippen LogP contribution in [0.3, 0.4) is 0 Å². The Balaban J connectivity index is 1.96. The van der Waals surface area contributed by atoms with Crippen LogP contribution in [-0.2, 0) is 0 Å². The molecule has 0 fully saturated rings. The van der Waals surface area contributed by atoms with Crippen LogP contribution in [0.5, 0.6) is 0 Å². The highest BCUT2D eigenvalue weighted by molar-refractivity contribution is 5.71. The Morgan fingerprint density at radius 2 is 1.48 bits per heavy atom. The van der Waals surface area contributed by atoms with Crippen molar-refractivity contribution in [2.45, 2.75) is 19.8 Å². The van der Waals surface area contributed by atoms with Crippen molar-refractivity contribution in [3.63, 3.8) is 0 Å². The summed E-state index contributed by atoms with van der Waals surface area (Å²) >= 11 is 0. The zero-order valence-electron chi connectivity index (χ0n) is 12.5. The SMILES string of the molecule is CC(C)c1ccc(-c2cccc(-c3ccccn3)c2)cc1. The molecule has 0 aliphatic heterocycles. The van der Waals surface area contributed by atoms with Crippen molar-refractivity contribution < 1.29 is 0 Å². The third-order valence-electron chi connectivity index (χ3n) is 3.73. The Morgan fingerprint density at radius 1 is 0.714 bits per heavy atom. The van der Waals surface area contributed by atoms with E-state index in [2.05, 4.69) is 67.4 Å². The van der Waals surface area contributed by atoms with E-state index in [9.17, 15) is 0 Å². The lowest BCUT2D eigenvalue weighted by atomic mass is 9.97. The van der Waals surface area contributed by atoms with Crippen LogP contribution in [0.15, 0.2) is 72.9 Å². The second kappa shape index (κ2) is 5.92. The fourth-order valence-electron chi connectivity index (χ4n) is 2.45. The van der Waals surface area contributed by atoms with Crippen molar-refractivity contribution in [1.29, 1.82) is 0 Å². The largest absolute Gasteiger partial charge is 0.256 e. The lowest BCUT2D eigenvalue weighted by Crippen LogP contribution is -1.87. The number of aromatic nitrogens is 1. The van der Waals surface area contributed by atoms with Gasteiger partial charge in [0, 0.05) is 11.8 Å². The van der Waals surface area contributed by atoms with E-state index in [0.29, 0.717) is 5.92 Å². The maximum Gasteiger partial charge on any atom is 0.0702 e. The van der Waals surface area contributed by atoms with Gasteiger partial charge in [0.15, 0.2) is 0 Å². The van der Waals surface area contributed by atoms with E-state index in [4.69, 9.17) is 0 Å². The van der Waals surface area contributed by atoms with E-state index < -0.39 is 0 Å². The molecule has 0 radical (unpaired) electrons. The third-order valence-corrected chi connectivity index (χ3v) is 3.73. The van der Waals surface area contributed by atoms with Crippen molar-refractivity contribution in [1.82, 2.24) is 4.98 Å². The zero-order chi connectivity index (χ0) is 14.7. The molecule has 0 aliphatic carbocycles. The average molecular weight is 273 g/mol. The standard InChI is InChI=1S/C20H19N/c1-15(2)16-9-11-17(12-10-16)18-6-5-7-19(14-18)20-8-3-4-13-21-20/h3-15H,1-2H3. The van der Waals surface area contributed by atoms with Crippen LogP contribution in [0.4, 0.5) is 0 Å². The van der Waals surface area contributed by atoms with Crippen LogP contribution in [0.1, 0.15) is 25.3 Å². The monoisotopic (exact) mass is 273 g/mol. The van der Waals surface area contributed by atoms with E-state index >= 15 is 0 Å². The van der Waals surface area contributed by atoms with Gasteiger partial charge >= 0.3 is 0 Å². The third kappa shape index (κ3) is 3.03. The van der Waals surface area contributed by atoms with Gasteiger partial charge in [-0.1, -0.05) is 62.4 Å². The molecule has 0 unspecified atom stereocenters. The summed E-state index contributed by atoms with van der Waals surface area (Å²) in [5, 5.41) is 0. The molecule has 0 saturated heterocycles. The Bertz CT molecular complexity index is 712. The number of hydrogen-bond acceptors (Lipinski definition) is 1. The number of rotatable bonds is 3. The summed E-state index contributed by atoms with van der Waals surface area (Å²) in [6.45, 7) is 4.44. The highest BCUT2D eigenvalue weighted by atomic mass is 14.7. The molecule has 0 N–H and O–H groups in total. The smallest absolute Gasteiger partial charge is 0.0702 e. The first-order valence-corrected chi connectivity index (χ1v) is 7.36. The van der Waals surface area contributed by atoms with Gasteiger partial charge in [-0.15, -0.1) is 0 Å². The molecule has 1 nitrogen and oxygen atoms in total.